The highest BCUT2D eigenvalue weighted by Gasteiger charge is 2.25. The van der Waals surface area contributed by atoms with Crippen LogP contribution in [0, 0.1) is 0 Å². The number of nitrogens with one attached hydrogen (secondary N) is 2. The molecular formula is C29H33N5O4S. The number of fused-ring (bicyclic) bond motifs is 1. The van der Waals surface area contributed by atoms with E-state index < -0.39 is 0 Å². The smallest absolute Gasteiger partial charge is 0.274 e. The van der Waals surface area contributed by atoms with Crippen molar-refractivity contribution < 1.29 is 19.1 Å². The molecule has 10 heteroatoms. The Labute approximate surface area is 231 Å². The van der Waals surface area contributed by atoms with Crippen LogP contribution in [0.2, 0.25) is 0 Å². The van der Waals surface area contributed by atoms with E-state index in [1.807, 2.05) is 42.5 Å². The second-order valence-electron chi connectivity index (χ2n) is 9.68. The van der Waals surface area contributed by atoms with Gasteiger partial charge in [0.1, 0.15) is 11.4 Å². The fourth-order valence-electron chi connectivity index (χ4n) is 5.04. The van der Waals surface area contributed by atoms with Crippen LogP contribution in [0.25, 0.3) is 10.9 Å². The molecule has 2 amide bonds. The molecule has 1 saturated heterocycles. The number of ether oxygens (including phenoxy) is 2. The summed E-state index contributed by atoms with van der Waals surface area (Å²) in [6, 6.07) is 16.0. The molecule has 1 aliphatic rings. The molecule has 204 valence electrons. The lowest BCUT2D eigenvalue weighted by Crippen LogP contribution is -2.32. The Morgan fingerprint density at radius 2 is 1.79 bits per heavy atom. The van der Waals surface area contributed by atoms with Gasteiger partial charge in [-0.2, -0.15) is 0 Å². The van der Waals surface area contributed by atoms with Crippen LogP contribution in [-0.2, 0) is 6.42 Å². The lowest BCUT2D eigenvalue weighted by atomic mass is 10.0. The molecule has 1 aliphatic heterocycles. The van der Waals surface area contributed by atoms with E-state index in [2.05, 4.69) is 38.2 Å². The van der Waals surface area contributed by atoms with E-state index >= 15 is 0 Å². The summed E-state index contributed by atoms with van der Waals surface area (Å²) in [5.74, 6) is 0.803. The number of anilines is 1. The van der Waals surface area contributed by atoms with E-state index in [4.69, 9.17) is 9.47 Å². The number of benzene rings is 2. The van der Waals surface area contributed by atoms with Crippen molar-refractivity contribution in [2.24, 2.45) is 0 Å². The van der Waals surface area contributed by atoms with Gasteiger partial charge in [-0.1, -0.05) is 24.3 Å². The number of methoxy groups -OCH3 is 2. The third-order valence-electron chi connectivity index (χ3n) is 7.14. The molecule has 1 fully saturated rings. The molecule has 0 saturated carbocycles. The lowest BCUT2D eigenvalue weighted by molar-refractivity contribution is 0.0948. The number of hydrogen-bond acceptors (Lipinski definition) is 7. The van der Waals surface area contributed by atoms with Gasteiger partial charge in [-0.3, -0.25) is 14.9 Å². The van der Waals surface area contributed by atoms with E-state index in [9.17, 15) is 9.59 Å². The van der Waals surface area contributed by atoms with E-state index in [0.717, 1.165) is 42.4 Å². The SMILES string of the molecule is COc1ccc(CCNC(=O)c2csc(NC(=O)c3cc4ccccc4n3C3CCN(C)CC3)n2)cc1OC. The maximum absolute atomic E-state index is 13.4. The highest BCUT2D eigenvalue weighted by Crippen LogP contribution is 2.31. The average Bonchev–Trinajstić information content (AvgIpc) is 3.58. The van der Waals surface area contributed by atoms with Gasteiger partial charge in [0.25, 0.3) is 11.8 Å². The molecule has 0 aliphatic carbocycles. The molecule has 9 nitrogen and oxygen atoms in total. The first-order chi connectivity index (χ1) is 19.0. The van der Waals surface area contributed by atoms with Crippen molar-refractivity contribution in [2.75, 3.05) is 46.2 Å². The predicted octanol–water partition coefficient (Wildman–Crippen LogP) is 4.61. The Bertz CT molecular complexity index is 1470. The number of aromatic nitrogens is 2. The molecule has 5 rings (SSSR count). The standard InChI is InChI=1S/C29H33N5O4S/c1-33-14-11-21(12-15-33)34-23-7-5-4-6-20(23)17-24(34)28(36)32-29-31-22(18-39-29)27(35)30-13-10-19-8-9-25(37-2)26(16-19)38-3/h4-9,16-18,21H,10-15H2,1-3H3,(H,30,35)(H,31,32,36). The third kappa shape index (κ3) is 5.91. The molecule has 0 bridgehead atoms. The lowest BCUT2D eigenvalue weighted by Gasteiger charge is -2.31. The first-order valence-electron chi connectivity index (χ1n) is 13.0. The van der Waals surface area contributed by atoms with Crippen LogP contribution in [0.5, 0.6) is 11.5 Å². The van der Waals surface area contributed by atoms with Crippen LogP contribution >= 0.6 is 11.3 Å². The fourth-order valence-corrected chi connectivity index (χ4v) is 5.73. The minimum Gasteiger partial charge on any atom is -0.493 e. The van der Waals surface area contributed by atoms with E-state index in [0.29, 0.717) is 35.3 Å². The Balaban J connectivity index is 1.23. The topological polar surface area (TPSA) is 97.7 Å². The van der Waals surface area contributed by atoms with Gasteiger partial charge in [0.15, 0.2) is 16.6 Å². The average molecular weight is 548 g/mol. The van der Waals surface area contributed by atoms with Crippen LogP contribution in [-0.4, -0.2) is 67.2 Å². The first kappa shape index (κ1) is 26.7. The van der Waals surface area contributed by atoms with Crippen molar-refractivity contribution in [3.8, 4) is 11.5 Å². The summed E-state index contributed by atoms with van der Waals surface area (Å²) in [6.07, 6.45) is 2.60. The number of hydrogen-bond donors (Lipinski definition) is 2. The summed E-state index contributed by atoms with van der Waals surface area (Å²) in [5.41, 5.74) is 2.96. The van der Waals surface area contributed by atoms with Crippen LogP contribution in [0.4, 0.5) is 5.13 Å². The maximum Gasteiger partial charge on any atom is 0.274 e. The van der Waals surface area contributed by atoms with Crippen molar-refractivity contribution in [3.05, 3.63) is 70.9 Å². The second kappa shape index (κ2) is 11.9. The number of rotatable bonds is 9. The monoisotopic (exact) mass is 547 g/mol. The summed E-state index contributed by atoms with van der Waals surface area (Å²) < 4.78 is 12.8. The van der Waals surface area contributed by atoms with Gasteiger partial charge in [0.05, 0.1) is 14.2 Å². The fraction of sp³-hybridized carbons (Fsp3) is 0.345. The second-order valence-corrected chi connectivity index (χ2v) is 10.5. The molecule has 39 heavy (non-hydrogen) atoms. The number of nitrogens with zero attached hydrogens (tertiary/aromatic N) is 3. The highest BCUT2D eigenvalue weighted by molar-refractivity contribution is 7.14. The molecule has 2 N–H and O–H groups in total. The molecule has 2 aromatic carbocycles. The van der Waals surface area contributed by atoms with Gasteiger partial charge >= 0.3 is 0 Å². The Morgan fingerprint density at radius 3 is 2.56 bits per heavy atom. The normalized spacial score (nSPS) is 14.3. The van der Waals surface area contributed by atoms with Crippen molar-refractivity contribution in [1.29, 1.82) is 0 Å². The Kier molecular flexibility index (Phi) is 8.13. The quantitative estimate of drug-likeness (QED) is 0.318. The van der Waals surface area contributed by atoms with Gasteiger partial charge in [-0.25, -0.2) is 4.98 Å². The summed E-state index contributed by atoms with van der Waals surface area (Å²) in [5, 5.41) is 8.91. The largest absolute Gasteiger partial charge is 0.493 e. The van der Waals surface area contributed by atoms with Gasteiger partial charge in [0.2, 0.25) is 0 Å². The summed E-state index contributed by atoms with van der Waals surface area (Å²) >= 11 is 1.24. The zero-order valence-electron chi connectivity index (χ0n) is 22.4. The summed E-state index contributed by atoms with van der Waals surface area (Å²) in [4.78, 5) is 32.8. The number of para-hydroxylation sites is 1. The predicted molar refractivity (Wildman–Crippen MR) is 153 cm³/mol. The van der Waals surface area contributed by atoms with Gasteiger partial charge < -0.3 is 24.3 Å². The number of amides is 2. The zero-order chi connectivity index (χ0) is 27.4. The van der Waals surface area contributed by atoms with E-state index in [1.54, 1.807) is 19.6 Å². The molecule has 2 aromatic heterocycles. The molecule has 3 heterocycles. The Hall–Kier alpha value is -3.89. The zero-order valence-corrected chi connectivity index (χ0v) is 23.2. The van der Waals surface area contributed by atoms with Crippen LogP contribution in [0.15, 0.2) is 53.9 Å². The van der Waals surface area contributed by atoms with E-state index in [1.165, 1.54) is 11.3 Å². The van der Waals surface area contributed by atoms with Crippen molar-refractivity contribution in [2.45, 2.75) is 25.3 Å². The molecule has 0 atom stereocenters. The summed E-state index contributed by atoms with van der Waals surface area (Å²) in [7, 11) is 5.32. The molecule has 0 spiro atoms. The third-order valence-corrected chi connectivity index (χ3v) is 7.90. The molecule has 0 unspecified atom stereocenters. The Morgan fingerprint density at radius 1 is 1.03 bits per heavy atom. The van der Waals surface area contributed by atoms with E-state index in [-0.39, 0.29) is 23.6 Å². The minimum atomic E-state index is -0.285. The summed E-state index contributed by atoms with van der Waals surface area (Å²) in [6.45, 7) is 2.43. The number of piperidine rings is 1. The van der Waals surface area contributed by atoms with Crippen molar-refractivity contribution >= 4 is 39.2 Å². The van der Waals surface area contributed by atoms with Gasteiger partial charge in [0, 0.05) is 28.9 Å². The van der Waals surface area contributed by atoms with Crippen LogP contribution in [0.1, 0.15) is 45.4 Å². The first-order valence-corrected chi connectivity index (χ1v) is 13.9. The van der Waals surface area contributed by atoms with Gasteiger partial charge in [-0.05, 0) is 69.2 Å². The molecule has 0 radical (unpaired) electrons. The maximum atomic E-state index is 13.4. The molecule has 4 aromatic rings. The number of carbonyl (C=O) groups excluding carboxylic acids is 2. The van der Waals surface area contributed by atoms with Crippen LogP contribution < -0.4 is 20.1 Å². The number of carbonyl (C=O) groups is 2. The molecular weight excluding hydrogens is 514 g/mol. The van der Waals surface area contributed by atoms with Gasteiger partial charge in [-0.15, -0.1) is 11.3 Å². The van der Waals surface area contributed by atoms with Crippen molar-refractivity contribution in [3.63, 3.8) is 0 Å². The van der Waals surface area contributed by atoms with Crippen LogP contribution in [0.3, 0.4) is 0 Å². The highest BCUT2D eigenvalue weighted by atomic mass is 32.1. The minimum absolute atomic E-state index is 0.222. The number of thiazole rings is 1. The van der Waals surface area contributed by atoms with Crippen molar-refractivity contribution in [1.82, 2.24) is 19.8 Å². The number of likely N-dealkylation sites (tertiary alicyclic amines) is 1.